The van der Waals surface area contributed by atoms with Crippen LogP contribution < -0.4 is 9.62 Å². The van der Waals surface area contributed by atoms with Gasteiger partial charge in [0.05, 0.1) is 11.9 Å². The van der Waals surface area contributed by atoms with E-state index in [1.165, 1.54) is 11.0 Å². The summed E-state index contributed by atoms with van der Waals surface area (Å²) in [7, 11) is -3.88. The van der Waals surface area contributed by atoms with Crippen molar-refractivity contribution in [1.82, 2.24) is 10.2 Å². The molecule has 0 saturated heterocycles. The van der Waals surface area contributed by atoms with Crippen molar-refractivity contribution < 1.29 is 26.8 Å². The van der Waals surface area contributed by atoms with Crippen molar-refractivity contribution in [2.75, 3.05) is 17.1 Å². The van der Waals surface area contributed by atoms with Crippen molar-refractivity contribution in [3.63, 3.8) is 0 Å². The second-order valence-electron chi connectivity index (χ2n) is 11.0. The number of halogens is 4. The van der Waals surface area contributed by atoms with Crippen molar-refractivity contribution >= 4 is 50.7 Å². The summed E-state index contributed by atoms with van der Waals surface area (Å²) in [5.74, 6) is -2.96. The van der Waals surface area contributed by atoms with Gasteiger partial charge in [0, 0.05) is 48.1 Å². The highest BCUT2D eigenvalue weighted by Crippen LogP contribution is 2.26. The lowest BCUT2D eigenvalue weighted by Gasteiger charge is -2.33. The van der Waals surface area contributed by atoms with Crippen LogP contribution in [0.2, 0.25) is 10.0 Å². The van der Waals surface area contributed by atoms with E-state index in [2.05, 4.69) is 5.32 Å². The molecule has 0 heterocycles. The molecule has 0 bridgehead atoms. The van der Waals surface area contributed by atoms with Crippen LogP contribution in [0, 0.1) is 11.6 Å². The van der Waals surface area contributed by atoms with E-state index in [1.54, 1.807) is 18.2 Å². The predicted molar refractivity (Wildman–Crippen MR) is 169 cm³/mol. The fourth-order valence-electron chi connectivity index (χ4n) is 5.40. The van der Waals surface area contributed by atoms with Gasteiger partial charge < -0.3 is 10.2 Å². The summed E-state index contributed by atoms with van der Waals surface area (Å²) in [5, 5.41) is 3.89. The molecule has 44 heavy (non-hydrogen) atoms. The second kappa shape index (κ2) is 15.2. The Morgan fingerprint density at radius 3 is 2.32 bits per heavy atom. The molecule has 0 aromatic heterocycles. The Morgan fingerprint density at radius 2 is 1.68 bits per heavy atom. The minimum Gasteiger partial charge on any atom is -0.352 e. The fourth-order valence-corrected chi connectivity index (χ4v) is 6.82. The lowest BCUT2D eigenvalue weighted by molar-refractivity contribution is -0.141. The predicted octanol–water partition coefficient (Wildman–Crippen LogP) is 6.52. The summed E-state index contributed by atoms with van der Waals surface area (Å²) in [5.41, 5.74) is 1.40. The van der Waals surface area contributed by atoms with Crippen LogP contribution in [-0.4, -0.2) is 50.0 Å². The number of carbonyl (C=O) groups excluding carboxylic acids is 2. The SMILES string of the molecule is CS(=O)(=O)N(CCCC(=O)N(Cc1ccc(Cl)cc1Cl)[C@H](Cc1ccccc1)C(=O)NC1CCCC1)c1ccc(F)c(F)c1. The minimum absolute atomic E-state index is 0.0172. The zero-order valence-corrected chi connectivity index (χ0v) is 26.6. The maximum absolute atomic E-state index is 14.0. The second-order valence-corrected chi connectivity index (χ2v) is 13.7. The van der Waals surface area contributed by atoms with E-state index in [9.17, 15) is 26.8 Å². The maximum Gasteiger partial charge on any atom is 0.243 e. The number of rotatable bonds is 13. The molecule has 2 amide bonds. The summed E-state index contributed by atoms with van der Waals surface area (Å²) >= 11 is 12.6. The van der Waals surface area contributed by atoms with Crippen LogP contribution in [-0.2, 0) is 32.6 Å². The molecule has 3 aromatic carbocycles. The summed E-state index contributed by atoms with van der Waals surface area (Å²) in [6.07, 6.45) is 4.91. The van der Waals surface area contributed by atoms with Gasteiger partial charge in [0.15, 0.2) is 11.6 Å². The van der Waals surface area contributed by atoms with Crippen molar-refractivity contribution in [3.8, 4) is 0 Å². The molecular weight excluding hydrogens is 631 g/mol. The third-order valence-electron chi connectivity index (χ3n) is 7.67. The first kappa shape index (κ1) is 33.7. The molecule has 4 rings (SSSR count). The summed E-state index contributed by atoms with van der Waals surface area (Å²) in [6, 6.07) is 16.3. The number of nitrogens with one attached hydrogen (secondary N) is 1. The van der Waals surface area contributed by atoms with Gasteiger partial charge in [-0.15, -0.1) is 0 Å². The lowest BCUT2D eigenvalue weighted by Crippen LogP contribution is -2.52. The first-order valence-corrected chi connectivity index (χ1v) is 17.0. The molecule has 3 aromatic rings. The molecule has 1 N–H and O–H groups in total. The van der Waals surface area contributed by atoms with Crippen molar-refractivity contribution in [1.29, 1.82) is 0 Å². The minimum atomic E-state index is -3.88. The van der Waals surface area contributed by atoms with Gasteiger partial charge in [0.1, 0.15) is 6.04 Å². The Labute approximate surface area is 267 Å². The third-order valence-corrected chi connectivity index (χ3v) is 9.45. The molecule has 0 unspecified atom stereocenters. The molecule has 236 valence electrons. The van der Waals surface area contributed by atoms with Crippen LogP contribution in [0.5, 0.6) is 0 Å². The Hall–Kier alpha value is -3.21. The summed E-state index contributed by atoms with van der Waals surface area (Å²) < 4.78 is 53.5. The highest BCUT2D eigenvalue weighted by molar-refractivity contribution is 7.92. The molecule has 12 heteroatoms. The Morgan fingerprint density at radius 1 is 0.977 bits per heavy atom. The fraction of sp³-hybridized carbons (Fsp3) is 0.375. The van der Waals surface area contributed by atoms with Crippen molar-refractivity contribution in [3.05, 3.63) is 99.5 Å². The smallest absolute Gasteiger partial charge is 0.243 e. The summed E-state index contributed by atoms with van der Waals surface area (Å²) in [6.45, 7) is -0.147. The van der Waals surface area contributed by atoms with Crippen LogP contribution in [0.4, 0.5) is 14.5 Å². The van der Waals surface area contributed by atoms with Crippen LogP contribution in [0.15, 0.2) is 66.7 Å². The van der Waals surface area contributed by atoms with E-state index in [0.29, 0.717) is 15.6 Å². The van der Waals surface area contributed by atoms with Gasteiger partial charge in [-0.2, -0.15) is 0 Å². The van der Waals surface area contributed by atoms with E-state index in [4.69, 9.17) is 23.2 Å². The van der Waals surface area contributed by atoms with E-state index in [1.807, 2.05) is 30.3 Å². The average Bonchev–Trinajstić information content (AvgIpc) is 3.48. The number of carbonyl (C=O) groups is 2. The van der Waals surface area contributed by atoms with Gasteiger partial charge in [-0.1, -0.05) is 72.4 Å². The molecule has 1 saturated carbocycles. The topological polar surface area (TPSA) is 86.8 Å². The Bertz CT molecular complexity index is 1570. The van der Waals surface area contributed by atoms with Gasteiger partial charge in [-0.05, 0) is 54.7 Å². The van der Waals surface area contributed by atoms with Gasteiger partial charge in [-0.25, -0.2) is 17.2 Å². The number of anilines is 1. The molecule has 0 spiro atoms. The van der Waals surface area contributed by atoms with Crippen LogP contribution >= 0.6 is 23.2 Å². The number of nitrogens with zero attached hydrogens (tertiary/aromatic N) is 2. The normalized spacial score (nSPS) is 14.3. The molecule has 0 radical (unpaired) electrons. The molecule has 1 fully saturated rings. The van der Waals surface area contributed by atoms with Crippen LogP contribution in [0.1, 0.15) is 49.7 Å². The van der Waals surface area contributed by atoms with Gasteiger partial charge in [0.25, 0.3) is 0 Å². The quantitative estimate of drug-likeness (QED) is 0.225. The highest BCUT2D eigenvalue weighted by Gasteiger charge is 2.32. The Kier molecular flexibility index (Phi) is 11.6. The monoisotopic (exact) mass is 665 g/mol. The molecule has 1 aliphatic carbocycles. The van der Waals surface area contributed by atoms with Gasteiger partial charge >= 0.3 is 0 Å². The lowest BCUT2D eigenvalue weighted by atomic mass is 10.0. The third kappa shape index (κ3) is 9.15. The zero-order valence-electron chi connectivity index (χ0n) is 24.3. The number of benzene rings is 3. The van der Waals surface area contributed by atoms with E-state index in [-0.39, 0.29) is 50.0 Å². The molecule has 1 atom stereocenters. The van der Waals surface area contributed by atoms with Gasteiger partial charge in [0.2, 0.25) is 21.8 Å². The van der Waals surface area contributed by atoms with Crippen LogP contribution in [0.25, 0.3) is 0 Å². The van der Waals surface area contributed by atoms with E-state index in [0.717, 1.165) is 53.9 Å². The first-order chi connectivity index (χ1) is 20.9. The summed E-state index contributed by atoms with van der Waals surface area (Å²) in [4.78, 5) is 29.3. The number of hydrogen-bond donors (Lipinski definition) is 1. The first-order valence-electron chi connectivity index (χ1n) is 14.4. The average molecular weight is 667 g/mol. The molecule has 0 aliphatic heterocycles. The van der Waals surface area contributed by atoms with E-state index < -0.39 is 33.6 Å². The molecule has 1 aliphatic rings. The number of sulfonamides is 1. The number of amides is 2. The molecular formula is C32H35Cl2F2N3O4S. The van der Waals surface area contributed by atoms with Crippen LogP contribution in [0.3, 0.4) is 0 Å². The Balaban J connectivity index is 1.61. The van der Waals surface area contributed by atoms with Crippen molar-refractivity contribution in [2.45, 2.75) is 63.6 Å². The zero-order chi connectivity index (χ0) is 31.9. The molecule has 7 nitrogen and oxygen atoms in total. The highest BCUT2D eigenvalue weighted by atomic mass is 35.5. The van der Waals surface area contributed by atoms with E-state index >= 15 is 0 Å². The number of hydrogen-bond acceptors (Lipinski definition) is 4. The van der Waals surface area contributed by atoms with Gasteiger partial charge in [-0.3, -0.25) is 13.9 Å². The standard InChI is InChI=1S/C32H35Cl2F2N3O4S/c1-44(42,43)39(26-15-16-28(35)29(36)20-26)17-7-12-31(40)38(21-23-13-14-24(33)19-27(23)34)30(18-22-8-3-2-4-9-22)32(41)37-25-10-5-6-11-25/h2-4,8-9,13-16,19-20,25,30H,5-7,10-12,17-18,21H2,1H3,(H,37,41)/t30-/m1/s1. The van der Waals surface area contributed by atoms with Crippen molar-refractivity contribution in [2.24, 2.45) is 0 Å². The largest absolute Gasteiger partial charge is 0.352 e. The maximum atomic E-state index is 14.0.